The van der Waals surface area contributed by atoms with Gasteiger partial charge in [-0.05, 0) is 49.1 Å². The van der Waals surface area contributed by atoms with Crippen LogP contribution in [-0.2, 0) is 15.0 Å². The molecular weight excluding hydrogens is 442 g/mol. The normalized spacial score (nSPS) is 22.3. The number of rotatable bonds is 7. The number of carbonyl (C=O) groups is 3. The molecule has 33 heavy (non-hydrogen) atoms. The van der Waals surface area contributed by atoms with Gasteiger partial charge in [0, 0.05) is 43.3 Å². The number of amides is 3. The Balaban J connectivity index is 1.72. The lowest BCUT2D eigenvalue weighted by molar-refractivity contribution is -0.133. The van der Waals surface area contributed by atoms with Crippen LogP contribution in [0.1, 0.15) is 42.1 Å². The molecule has 1 aromatic carbocycles. The van der Waals surface area contributed by atoms with Crippen molar-refractivity contribution < 1.29 is 14.4 Å². The van der Waals surface area contributed by atoms with Crippen molar-refractivity contribution in [2.24, 2.45) is 5.73 Å². The van der Waals surface area contributed by atoms with E-state index in [1.165, 1.54) is 13.1 Å². The van der Waals surface area contributed by atoms with Crippen molar-refractivity contribution >= 4 is 29.3 Å². The average Bonchev–Trinajstić information content (AvgIpc) is 2.82. The molecule has 8 nitrogen and oxygen atoms in total. The van der Waals surface area contributed by atoms with Gasteiger partial charge in [0.15, 0.2) is 0 Å². The molecule has 1 saturated carbocycles. The molecule has 0 spiro atoms. The Morgan fingerprint density at radius 1 is 1.27 bits per heavy atom. The van der Waals surface area contributed by atoms with Crippen molar-refractivity contribution in [1.29, 1.82) is 0 Å². The third kappa shape index (κ3) is 5.89. The number of benzene rings is 1. The summed E-state index contributed by atoms with van der Waals surface area (Å²) in [5.41, 5.74) is 7.30. The zero-order chi connectivity index (χ0) is 24.0. The van der Waals surface area contributed by atoms with E-state index in [-0.39, 0.29) is 41.8 Å². The molecule has 1 aliphatic rings. The van der Waals surface area contributed by atoms with Gasteiger partial charge >= 0.3 is 0 Å². The molecular formula is C24H30ClN5O3. The largest absolute Gasteiger partial charge is 0.352 e. The first-order valence-corrected chi connectivity index (χ1v) is 11.3. The molecule has 0 saturated heterocycles. The topological polar surface area (TPSA) is 117 Å². The Morgan fingerprint density at radius 2 is 2.06 bits per heavy atom. The van der Waals surface area contributed by atoms with Crippen molar-refractivity contribution in [2.45, 2.75) is 43.7 Å². The van der Waals surface area contributed by atoms with Gasteiger partial charge in [-0.15, -0.1) is 0 Å². The summed E-state index contributed by atoms with van der Waals surface area (Å²) < 4.78 is 0. The van der Waals surface area contributed by atoms with Crippen molar-refractivity contribution in [1.82, 2.24) is 20.5 Å². The lowest BCUT2D eigenvalue weighted by atomic mass is 9.66. The lowest BCUT2D eigenvalue weighted by Crippen LogP contribution is -2.59. The first-order valence-electron chi connectivity index (χ1n) is 10.9. The number of nitrogens with one attached hydrogen (secondary N) is 2. The first-order chi connectivity index (χ1) is 15.8. The summed E-state index contributed by atoms with van der Waals surface area (Å²) in [6, 6.07) is 10.4. The number of nitrogens with two attached hydrogens (primary N) is 1. The zero-order valence-corrected chi connectivity index (χ0v) is 19.6. The van der Waals surface area contributed by atoms with Gasteiger partial charge in [0.25, 0.3) is 5.91 Å². The maximum atomic E-state index is 12.9. The van der Waals surface area contributed by atoms with Crippen LogP contribution in [-0.4, -0.2) is 59.8 Å². The van der Waals surface area contributed by atoms with Gasteiger partial charge in [-0.3, -0.25) is 19.4 Å². The SMILES string of the molecule is CC(=O)NC1C[C@](CN)(c2cccc(Cl)c2)CC[C@@H]1N(C)C(=O)CNC(=O)c1cccnc1. The predicted molar refractivity (Wildman–Crippen MR) is 127 cm³/mol. The molecule has 2 aromatic rings. The Morgan fingerprint density at radius 3 is 2.70 bits per heavy atom. The fraction of sp³-hybridized carbons (Fsp3) is 0.417. The van der Waals surface area contributed by atoms with Gasteiger partial charge in [0.05, 0.1) is 24.2 Å². The van der Waals surface area contributed by atoms with Crippen molar-refractivity contribution in [2.75, 3.05) is 20.1 Å². The third-order valence-electron chi connectivity index (χ3n) is 6.42. The summed E-state index contributed by atoms with van der Waals surface area (Å²) in [4.78, 5) is 42.7. The van der Waals surface area contributed by atoms with Gasteiger partial charge in [0.1, 0.15) is 0 Å². The molecule has 0 aliphatic heterocycles. The lowest BCUT2D eigenvalue weighted by Gasteiger charge is -2.47. The summed E-state index contributed by atoms with van der Waals surface area (Å²) >= 11 is 6.23. The molecule has 9 heteroatoms. The molecule has 4 N–H and O–H groups in total. The minimum atomic E-state index is -0.366. The van der Waals surface area contributed by atoms with Crippen molar-refractivity contribution in [3.63, 3.8) is 0 Å². The second-order valence-electron chi connectivity index (χ2n) is 8.54. The van der Waals surface area contributed by atoms with Gasteiger partial charge in [-0.25, -0.2) is 0 Å². The van der Waals surface area contributed by atoms with E-state index < -0.39 is 0 Å². The summed E-state index contributed by atoms with van der Waals surface area (Å²) in [7, 11) is 1.70. The number of aromatic nitrogens is 1. The average molecular weight is 472 g/mol. The van der Waals surface area contributed by atoms with Gasteiger partial charge in [0.2, 0.25) is 11.8 Å². The molecule has 1 aromatic heterocycles. The van der Waals surface area contributed by atoms with E-state index in [1.54, 1.807) is 30.3 Å². The van der Waals surface area contributed by atoms with Gasteiger partial charge < -0.3 is 21.3 Å². The Hall–Kier alpha value is -2.97. The fourth-order valence-corrected chi connectivity index (χ4v) is 4.80. The molecule has 1 heterocycles. The fourth-order valence-electron chi connectivity index (χ4n) is 4.60. The minimum absolute atomic E-state index is 0.149. The number of likely N-dealkylation sites (N-methyl/N-ethyl adjacent to an activating group) is 1. The maximum absolute atomic E-state index is 12.9. The number of carbonyl (C=O) groups excluding carboxylic acids is 3. The van der Waals surface area contributed by atoms with Gasteiger partial charge in [-0.2, -0.15) is 0 Å². The second-order valence-corrected chi connectivity index (χ2v) is 8.98. The number of hydrogen-bond acceptors (Lipinski definition) is 5. The summed E-state index contributed by atoms with van der Waals surface area (Å²) in [6.07, 6.45) is 4.98. The van der Waals surface area contributed by atoms with Crippen LogP contribution in [0.5, 0.6) is 0 Å². The van der Waals surface area contributed by atoms with Crippen LogP contribution >= 0.6 is 11.6 Å². The molecule has 0 radical (unpaired) electrons. The maximum Gasteiger partial charge on any atom is 0.253 e. The van der Waals surface area contributed by atoms with E-state index in [9.17, 15) is 14.4 Å². The van der Waals surface area contributed by atoms with E-state index >= 15 is 0 Å². The Bertz CT molecular complexity index is 1000. The van der Waals surface area contributed by atoms with Crippen LogP contribution in [0.15, 0.2) is 48.8 Å². The molecule has 1 unspecified atom stereocenters. The van der Waals surface area contributed by atoms with Crippen LogP contribution in [0.4, 0.5) is 0 Å². The summed E-state index contributed by atoms with van der Waals surface area (Å²) in [5.74, 6) is -0.778. The second kappa shape index (κ2) is 10.8. The highest BCUT2D eigenvalue weighted by molar-refractivity contribution is 6.30. The summed E-state index contributed by atoms with van der Waals surface area (Å²) in [6.45, 7) is 1.71. The van der Waals surface area contributed by atoms with Crippen LogP contribution in [0, 0.1) is 0 Å². The highest BCUT2D eigenvalue weighted by atomic mass is 35.5. The van der Waals surface area contributed by atoms with Crippen LogP contribution < -0.4 is 16.4 Å². The molecule has 3 atom stereocenters. The predicted octanol–water partition coefficient (Wildman–Crippen LogP) is 1.88. The van der Waals surface area contributed by atoms with E-state index in [4.69, 9.17) is 17.3 Å². The number of hydrogen-bond donors (Lipinski definition) is 3. The number of halogens is 1. The smallest absolute Gasteiger partial charge is 0.253 e. The Kier molecular flexibility index (Phi) is 8.05. The standard InChI is InChI=1S/C24H30ClN5O3/c1-16(31)29-20-12-24(15-26,18-6-3-7-19(25)11-18)9-8-21(20)30(2)22(32)14-28-23(33)17-5-4-10-27-13-17/h3-7,10-11,13,20-21H,8-9,12,14-15,26H2,1-2H3,(H,28,33)(H,29,31)/t20?,21-,24+/m0/s1. The highest BCUT2D eigenvalue weighted by Crippen LogP contribution is 2.41. The van der Waals surface area contributed by atoms with Gasteiger partial charge in [-0.1, -0.05) is 23.7 Å². The monoisotopic (exact) mass is 471 g/mol. The zero-order valence-electron chi connectivity index (χ0n) is 18.9. The van der Waals surface area contributed by atoms with E-state index in [1.807, 2.05) is 24.3 Å². The molecule has 0 bridgehead atoms. The minimum Gasteiger partial charge on any atom is -0.352 e. The van der Waals surface area contributed by atoms with Crippen molar-refractivity contribution in [3.8, 4) is 0 Å². The van der Waals surface area contributed by atoms with Crippen LogP contribution in [0.25, 0.3) is 0 Å². The first kappa shape index (κ1) is 24.7. The van der Waals surface area contributed by atoms with Crippen molar-refractivity contribution in [3.05, 3.63) is 64.9 Å². The molecule has 1 aliphatic carbocycles. The quantitative estimate of drug-likeness (QED) is 0.570. The molecule has 1 fully saturated rings. The number of nitrogens with zero attached hydrogens (tertiary/aromatic N) is 2. The van der Waals surface area contributed by atoms with E-state index in [0.717, 1.165) is 12.0 Å². The third-order valence-corrected chi connectivity index (χ3v) is 6.66. The molecule has 3 amide bonds. The summed E-state index contributed by atoms with van der Waals surface area (Å²) in [5, 5.41) is 6.29. The molecule has 3 rings (SSSR count). The van der Waals surface area contributed by atoms with Crippen LogP contribution in [0.3, 0.4) is 0 Å². The highest BCUT2D eigenvalue weighted by Gasteiger charge is 2.43. The number of pyridine rings is 1. The van der Waals surface area contributed by atoms with E-state index in [2.05, 4.69) is 15.6 Å². The molecule has 176 valence electrons. The Labute approximate surface area is 198 Å². The van der Waals surface area contributed by atoms with E-state index in [0.29, 0.717) is 30.0 Å². The van der Waals surface area contributed by atoms with Crippen LogP contribution in [0.2, 0.25) is 5.02 Å².